The monoisotopic (exact) mass is 518 g/mol. The molecule has 0 amide bonds. The van der Waals surface area contributed by atoms with E-state index in [-0.39, 0.29) is 0 Å². The number of methoxy groups -OCH3 is 3. The molecule has 3 rings (SSSR count). The molecule has 5 nitrogen and oxygen atoms in total. The summed E-state index contributed by atoms with van der Waals surface area (Å²) < 4.78 is 16.8. The molecule has 0 aliphatic rings. The molecule has 0 unspecified atom stereocenters. The molecule has 0 radical (unpaired) electrons. The van der Waals surface area contributed by atoms with E-state index in [0.717, 1.165) is 69.1 Å². The van der Waals surface area contributed by atoms with Crippen molar-refractivity contribution < 1.29 is 14.2 Å². The Labute approximate surface area is 229 Å². The SMILES string of the molecule is COc1cccc(CCc2cc(CCNCCCCCCNCCc3ccccc3)cc(OC)c2OC)c1. The lowest BCUT2D eigenvalue weighted by molar-refractivity contribution is 0.351. The van der Waals surface area contributed by atoms with Gasteiger partial charge in [-0.05, 0) is 105 Å². The molecule has 0 heterocycles. The summed E-state index contributed by atoms with van der Waals surface area (Å²) in [7, 11) is 5.14. The molecule has 38 heavy (non-hydrogen) atoms. The zero-order chi connectivity index (χ0) is 26.8. The van der Waals surface area contributed by atoms with Crippen LogP contribution in [0.3, 0.4) is 0 Å². The summed E-state index contributed by atoms with van der Waals surface area (Å²) in [6.45, 7) is 4.20. The van der Waals surface area contributed by atoms with Crippen LogP contribution < -0.4 is 24.8 Å². The fourth-order valence-corrected chi connectivity index (χ4v) is 4.76. The lowest BCUT2D eigenvalue weighted by Crippen LogP contribution is -2.19. The second-order valence-electron chi connectivity index (χ2n) is 9.74. The van der Waals surface area contributed by atoms with Gasteiger partial charge in [0.05, 0.1) is 21.3 Å². The fourth-order valence-electron chi connectivity index (χ4n) is 4.76. The van der Waals surface area contributed by atoms with Gasteiger partial charge in [-0.3, -0.25) is 0 Å². The van der Waals surface area contributed by atoms with Crippen LogP contribution in [0.4, 0.5) is 0 Å². The second-order valence-corrected chi connectivity index (χ2v) is 9.74. The number of rotatable bonds is 19. The highest BCUT2D eigenvalue weighted by Crippen LogP contribution is 2.34. The van der Waals surface area contributed by atoms with Crippen LogP contribution in [0, 0.1) is 0 Å². The Morgan fingerprint density at radius 1 is 0.526 bits per heavy atom. The highest BCUT2D eigenvalue weighted by Gasteiger charge is 2.13. The Hall–Kier alpha value is -3.02. The molecule has 0 aliphatic carbocycles. The molecule has 0 aromatic heterocycles. The first-order valence-electron chi connectivity index (χ1n) is 14.1. The van der Waals surface area contributed by atoms with E-state index in [9.17, 15) is 0 Å². The van der Waals surface area contributed by atoms with Gasteiger partial charge in [0, 0.05) is 0 Å². The first-order chi connectivity index (χ1) is 18.7. The van der Waals surface area contributed by atoms with Crippen molar-refractivity contribution in [3.63, 3.8) is 0 Å². The molecule has 3 aromatic rings. The Kier molecular flexibility index (Phi) is 13.6. The molecule has 0 fully saturated rings. The van der Waals surface area contributed by atoms with Gasteiger partial charge in [0.25, 0.3) is 0 Å². The smallest absolute Gasteiger partial charge is 0.163 e. The first kappa shape index (κ1) is 29.5. The summed E-state index contributed by atoms with van der Waals surface area (Å²) in [5, 5.41) is 7.19. The third-order valence-corrected chi connectivity index (χ3v) is 6.91. The van der Waals surface area contributed by atoms with E-state index in [0.29, 0.717) is 0 Å². The van der Waals surface area contributed by atoms with Crippen molar-refractivity contribution in [2.24, 2.45) is 0 Å². The normalized spacial score (nSPS) is 10.9. The van der Waals surface area contributed by atoms with Crippen LogP contribution in [0.5, 0.6) is 17.2 Å². The van der Waals surface area contributed by atoms with Crippen molar-refractivity contribution in [1.29, 1.82) is 0 Å². The molecule has 0 saturated heterocycles. The zero-order valence-electron chi connectivity index (χ0n) is 23.6. The largest absolute Gasteiger partial charge is 0.497 e. The molecule has 0 bridgehead atoms. The highest BCUT2D eigenvalue weighted by atomic mass is 16.5. The Bertz CT molecular complexity index is 1060. The van der Waals surface area contributed by atoms with Crippen LogP contribution in [0.2, 0.25) is 0 Å². The second kappa shape index (κ2) is 17.5. The van der Waals surface area contributed by atoms with Gasteiger partial charge in [0.1, 0.15) is 5.75 Å². The third kappa shape index (κ3) is 10.4. The maximum atomic E-state index is 5.72. The molecular formula is C33H46N2O3. The Balaban J connectivity index is 1.32. The lowest BCUT2D eigenvalue weighted by atomic mass is 9.99. The number of aryl methyl sites for hydroxylation is 2. The minimum absolute atomic E-state index is 0.808. The van der Waals surface area contributed by atoms with E-state index >= 15 is 0 Å². The summed E-state index contributed by atoms with van der Waals surface area (Å²) in [5.74, 6) is 2.53. The molecule has 206 valence electrons. The average molecular weight is 519 g/mol. The van der Waals surface area contributed by atoms with E-state index in [2.05, 4.69) is 65.2 Å². The molecule has 0 saturated carbocycles. The Morgan fingerprint density at radius 3 is 1.87 bits per heavy atom. The maximum Gasteiger partial charge on any atom is 0.163 e. The molecule has 0 atom stereocenters. The van der Waals surface area contributed by atoms with Crippen molar-refractivity contribution in [3.05, 3.63) is 89.0 Å². The molecular weight excluding hydrogens is 472 g/mol. The predicted molar refractivity (Wildman–Crippen MR) is 158 cm³/mol. The minimum Gasteiger partial charge on any atom is -0.497 e. The van der Waals surface area contributed by atoms with Gasteiger partial charge in [-0.15, -0.1) is 0 Å². The van der Waals surface area contributed by atoms with Crippen LogP contribution in [0.25, 0.3) is 0 Å². The van der Waals surface area contributed by atoms with Crippen LogP contribution in [0.15, 0.2) is 66.7 Å². The number of benzene rings is 3. The maximum absolute atomic E-state index is 5.72. The topological polar surface area (TPSA) is 51.8 Å². The van der Waals surface area contributed by atoms with Crippen molar-refractivity contribution >= 4 is 0 Å². The molecule has 5 heteroatoms. The lowest BCUT2D eigenvalue weighted by Gasteiger charge is -2.16. The number of nitrogens with one attached hydrogen (secondary N) is 2. The van der Waals surface area contributed by atoms with Gasteiger partial charge in [-0.1, -0.05) is 61.4 Å². The zero-order valence-corrected chi connectivity index (χ0v) is 23.6. The number of unbranched alkanes of at least 4 members (excludes halogenated alkanes) is 3. The standard InChI is InChI=1S/C33H46N2O3/c1-36-31-15-11-14-28(25-31)16-17-30-24-29(26-32(37-2)33(30)38-3)19-23-35-21-10-5-4-9-20-34-22-18-27-12-7-6-8-13-27/h6-8,11-15,24-26,34-35H,4-5,9-10,16-23H2,1-3H3. The van der Waals surface area contributed by atoms with Gasteiger partial charge in [-0.2, -0.15) is 0 Å². The van der Waals surface area contributed by atoms with E-state index in [1.54, 1.807) is 21.3 Å². The highest BCUT2D eigenvalue weighted by molar-refractivity contribution is 5.50. The van der Waals surface area contributed by atoms with Crippen LogP contribution >= 0.6 is 0 Å². The fraction of sp³-hybridized carbons (Fsp3) is 0.455. The van der Waals surface area contributed by atoms with Crippen LogP contribution in [-0.2, 0) is 25.7 Å². The number of hydrogen-bond acceptors (Lipinski definition) is 5. The van der Waals surface area contributed by atoms with Crippen molar-refractivity contribution in [3.8, 4) is 17.2 Å². The molecule has 2 N–H and O–H groups in total. The minimum atomic E-state index is 0.808. The van der Waals surface area contributed by atoms with E-state index in [1.165, 1.54) is 47.9 Å². The first-order valence-corrected chi connectivity index (χ1v) is 14.1. The van der Waals surface area contributed by atoms with Crippen LogP contribution in [-0.4, -0.2) is 47.5 Å². The summed E-state index contributed by atoms with van der Waals surface area (Å²) in [5.41, 5.74) is 5.11. The summed E-state index contributed by atoms with van der Waals surface area (Å²) in [6, 6.07) is 23.3. The van der Waals surface area contributed by atoms with Gasteiger partial charge < -0.3 is 24.8 Å². The summed E-state index contributed by atoms with van der Waals surface area (Å²) in [6.07, 6.45) is 8.91. The van der Waals surface area contributed by atoms with Crippen molar-refractivity contribution in [2.75, 3.05) is 47.5 Å². The van der Waals surface area contributed by atoms with E-state index < -0.39 is 0 Å². The quantitative estimate of drug-likeness (QED) is 0.190. The number of ether oxygens (including phenoxy) is 3. The molecule has 3 aromatic carbocycles. The van der Waals surface area contributed by atoms with E-state index in [4.69, 9.17) is 14.2 Å². The van der Waals surface area contributed by atoms with Crippen molar-refractivity contribution in [2.45, 2.75) is 51.4 Å². The summed E-state index contributed by atoms with van der Waals surface area (Å²) in [4.78, 5) is 0. The predicted octanol–water partition coefficient (Wildman–Crippen LogP) is 6.02. The summed E-state index contributed by atoms with van der Waals surface area (Å²) >= 11 is 0. The van der Waals surface area contributed by atoms with Crippen molar-refractivity contribution in [1.82, 2.24) is 10.6 Å². The average Bonchev–Trinajstić information content (AvgIpc) is 2.96. The molecule has 0 aliphatic heterocycles. The molecule has 0 spiro atoms. The van der Waals surface area contributed by atoms with Gasteiger partial charge in [0.2, 0.25) is 0 Å². The number of hydrogen-bond donors (Lipinski definition) is 2. The van der Waals surface area contributed by atoms with Gasteiger partial charge >= 0.3 is 0 Å². The van der Waals surface area contributed by atoms with Gasteiger partial charge in [0.15, 0.2) is 11.5 Å². The van der Waals surface area contributed by atoms with Crippen LogP contribution in [0.1, 0.15) is 47.9 Å². The van der Waals surface area contributed by atoms with Gasteiger partial charge in [-0.25, -0.2) is 0 Å². The Morgan fingerprint density at radius 2 is 1.21 bits per heavy atom. The third-order valence-electron chi connectivity index (χ3n) is 6.91. The van der Waals surface area contributed by atoms with E-state index in [1.807, 2.05) is 12.1 Å².